The van der Waals surface area contributed by atoms with Crippen molar-refractivity contribution in [1.82, 2.24) is 10.9 Å². The summed E-state index contributed by atoms with van der Waals surface area (Å²) in [6.07, 6.45) is 0. The van der Waals surface area contributed by atoms with E-state index < -0.39 is 6.04 Å². The van der Waals surface area contributed by atoms with Crippen molar-refractivity contribution >= 4 is 17.5 Å². The minimum Gasteiger partial charge on any atom is -0.497 e. The monoisotopic (exact) mass is 389 g/mol. The van der Waals surface area contributed by atoms with E-state index in [-0.39, 0.29) is 11.8 Å². The average molecular weight is 389 g/mol. The van der Waals surface area contributed by atoms with E-state index in [1.54, 1.807) is 31.4 Å². The molecule has 6 nitrogen and oxygen atoms in total. The summed E-state index contributed by atoms with van der Waals surface area (Å²) < 4.78 is 5.10. The first-order valence-corrected chi connectivity index (χ1v) is 9.19. The van der Waals surface area contributed by atoms with Crippen LogP contribution in [0.3, 0.4) is 0 Å². The van der Waals surface area contributed by atoms with Gasteiger partial charge in [0.05, 0.1) is 7.11 Å². The van der Waals surface area contributed by atoms with E-state index in [2.05, 4.69) is 16.2 Å². The van der Waals surface area contributed by atoms with Crippen LogP contribution in [0.4, 0.5) is 5.69 Å². The highest BCUT2D eigenvalue weighted by atomic mass is 16.5. The molecule has 0 bridgehead atoms. The molecule has 29 heavy (non-hydrogen) atoms. The van der Waals surface area contributed by atoms with Gasteiger partial charge in [0.2, 0.25) is 5.91 Å². The van der Waals surface area contributed by atoms with Gasteiger partial charge in [-0.3, -0.25) is 15.0 Å². The van der Waals surface area contributed by atoms with Crippen LogP contribution in [0.5, 0.6) is 5.75 Å². The van der Waals surface area contributed by atoms with E-state index in [0.717, 1.165) is 11.1 Å². The Balaban J connectivity index is 1.72. The highest BCUT2D eigenvalue weighted by Crippen LogP contribution is 2.17. The maximum atomic E-state index is 12.9. The number of hydrazine groups is 1. The molecule has 0 unspecified atom stereocenters. The zero-order valence-electron chi connectivity index (χ0n) is 16.3. The Labute approximate surface area is 169 Å². The van der Waals surface area contributed by atoms with Gasteiger partial charge in [0.1, 0.15) is 11.8 Å². The molecule has 0 radical (unpaired) electrons. The number of carbonyl (C=O) groups excluding carboxylic acids is 2. The molecule has 148 valence electrons. The van der Waals surface area contributed by atoms with Crippen molar-refractivity contribution in [1.29, 1.82) is 0 Å². The highest BCUT2D eigenvalue weighted by molar-refractivity contribution is 5.97. The largest absolute Gasteiger partial charge is 0.497 e. The third kappa shape index (κ3) is 5.43. The summed E-state index contributed by atoms with van der Waals surface area (Å²) >= 11 is 0. The number of amides is 2. The second-order valence-corrected chi connectivity index (χ2v) is 6.53. The summed E-state index contributed by atoms with van der Waals surface area (Å²) in [6.45, 7) is 1.98. The molecule has 6 heteroatoms. The van der Waals surface area contributed by atoms with E-state index >= 15 is 0 Å². The number of ether oxygens (including phenoxy) is 1. The second kappa shape index (κ2) is 9.52. The summed E-state index contributed by atoms with van der Waals surface area (Å²) in [5.41, 5.74) is 8.44. The van der Waals surface area contributed by atoms with Crippen LogP contribution >= 0.6 is 0 Å². The molecule has 0 spiro atoms. The maximum absolute atomic E-state index is 12.9. The van der Waals surface area contributed by atoms with Gasteiger partial charge in [0, 0.05) is 11.3 Å². The Kier molecular flexibility index (Phi) is 6.60. The number of hydrogen-bond donors (Lipinski definition) is 3. The first-order chi connectivity index (χ1) is 14.1. The van der Waals surface area contributed by atoms with E-state index in [1.807, 2.05) is 61.5 Å². The van der Waals surface area contributed by atoms with Crippen molar-refractivity contribution < 1.29 is 14.3 Å². The first kappa shape index (κ1) is 20.1. The van der Waals surface area contributed by atoms with E-state index in [0.29, 0.717) is 17.0 Å². The molecule has 0 saturated carbocycles. The quantitative estimate of drug-likeness (QED) is 0.539. The van der Waals surface area contributed by atoms with Gasteiger partial charge in [0.15, 0.2) is 0 Å². The van der Waals surface area contributed by atoms with Gasteiger partial charge >= 0.3 is 0 Å². The normalized spacial score (nSPS) is 11.4. The molecule has 0 aliphatic rings. The predicted octanol–water partition coefficient (Wildman–Crippen LogP) is 3.62. The van der Waals surface area contributed by atoms with Gasteiger partial charge in [-0.15, -0.1) is 0 Å². The molecule has 3 N–H and O–H groups in total. The predicted molar refractivity (Wildman–Crippen MR) is 113 cm³/mol. The second-order valence-electron chi connectivity index (χ2n) is 6.53. The van der Waals surface area contributed by atoms with Crippen molar-refractivity contribution in [2.75, 3.05) is 12.4 Å². The van der Waals surface area contributed by atoms with Crippen LogP contribution < -0.4 is 20.9 Å². The minimum atomic E-state index is -0.764. The van der Waals surface area contributed by atoms with Crippen molar-refractivity contribution in [2.45, 2.75) is 13.0 Å². The fourth-order valence-corrected chi connectivity index (χ4v) is 2.75. The standard InChI is InChI=1S/C23H23N3O3/c1-16-8-12-19(13-9-16)24-23(28)21(17-6-4-3-5-7-17)25-26-22(27)18-10-14-20(29-2)15-11-18/h3-15,21,25H,1-2H3,(H,24,28)(H,26,27)/t21-/m0/s1. The minimum absolute atomic E-state index is 0.282. The molecule has 1 atom stereocenters. The fourth-order valence-electron chi connectivity index (χ4n) is 2.75. The molecule has 2 amide bonds. The van der Waals surface area contributed by atoms with Gasteiger partial charge in [-0.2, -0.15) is 0 Å². The molecular formula is C23H23N3O3. The van der Waals surface area contributed by atoms with Gasteiger partial charge in [0.25, 0.3) is 5.91 Å². The number of aryl methyl sites for hydroxylation is 1. The third-order valence-corrected chi connectivity index (χ3v) is 4.40. The number of nitrogens with one attached hydrogen (secondary N) is 3. The SMILES string of the molecule is COc1ccc(C(=O)NN[C@H](C(=O)Nc2ccc(C)cc2)c2ccccc2)cc1. The van der Waals surface area contributed by atoms with E-state index in [1.165, 1.54) is 0 Å². The van der Waals surface area contributed by atoms with Gasteiger partial charge in [-0.25, -0.2) is 5.43 Å². The Morgan fingerprint density at radius 3 is 2.14 bits per heavy atom. The van der Waals surface area contributed by atoms with E-state index in [9.17, 15) is 9.59 Å². The summed E-state index contributed by atoms with van der Waals surface area (Å²) in [5.74, 6) is 0.0287. The molecular weight excluding hydrogens is 366 g/mol. The molecule has 0 heterocycles. The fraction of sp³-hybridized carbons (Fsp3) is 0.130. The lowest BCUT2D eigenvalue weighted by molar-refractivity contribution is -0.118. The van der Waals surface area contributed by atoms with Crippen LogP contribution in [0.1, 0.15) is 27.5 Å². The molecule has 3 rings (SSSR count). The summed E-state index contributed by atoms with van der Waals surface area (Å²) in [7, 11) is 1.56. The molecule has 0 aliphatic heterocycles. The van der Waals surface area contributed by atoms with Gasteiger partial charge < -0.3 is 10.1 Å². The molecule has 0 aromatic heterocycles. The smallest absolute Gasteiger partial charge is 0.265 e. The van der Waals surface area contributed by atoms with Crippen LogP contribution in [0.25, 0.3) is 0 Å². The lowest BCUT2D eigenvalue weighted by Gasteiger charge is -2.19. The van der Waals surface area contributed by atoms with Crippen molar-refractivity contribution in [3.63, 3.8) is 0 Å². The first-order valence-electron chi connectivity index (χ1n) is 9.19. The van der Waals surface area contributed by atoms with Crippen LogP contribution in [0.15, 0.2) is 78.9 Å². The number of carbonyl (C=O) groups is 2. The highest BCUT2D eigenvalue weighted by Gasteiger charge is 2.21. The Hall–Kier alpha value is -3.64. The molecule has 0 fully saturated rings. The molecule has 3 aromatic carbocycles. The Morgan fingerprint density at radius 2 is 1.52 bits per heavy atom. The molecule has 0 aliphatic carbocycles. The maximum Gasteiger partial charge on any atom is 0.265 e. The summed E-state index contributed by atoms with van der Waals surface area (Å²) in [5, 5.41) is 2.88. The number of methoxy groups -OCH3 is 1. The van der Waals surface area contributed by atoms with Crippen LogP contribution in [-0.2, 0) is 4.79 Å². The number of rotatable bonds is 7. The van der Waals surface area contributed by atoms with Crippen molar-refractivity contribution in [3.8, 4) is 5.75 Å². The lowest BCUT2D eigenvalue weighted by atomic mass is 10.1. The number of anilines is 1. The van der Waals surface area contributed by atoms with Gasteiger partial charge in [-0.1, -0.05) is 48.0 Å². The lowest BCUT2D eigenvalue weighted by Crippen LogP contribution is -2.44. The zero-order valence-corrected chi connectivity index (χ0v) is 16.3. The summed E-state index contributed by atoms with van der Waals surface area (Å²) in [6, 6.07) is 22.7. The third-order valence-electron chi connectivity index (χ3n) is 4.40. The Bertz CT molecular complexity index is 955. The topological polar surface area (TPSA) is 79.5 Å². The Morgan fingerprint density at radius 1 is 0.862 bits per heavy atom. The number of benzene rings is 3. The van der Waals surface area contributed by atoms with Crippen molar-refractivity contribution in [2.24, 2.45) is 0 Å². The van der Waals surface area contributed by atoms with E-state index in [4.69, 9.17) is 4.74 Å². The van der Waals surface area contributed by atoms with Crippen LogP contribution in [0, 0.1) is 6.92 Å². The average Bonchev–Trinajstić information content (AvgIpc) is 2.76. The molecule has 0 saturated heterocycles. The summed E-state index contributed by atoms with van der Waals surface area (Å²) in [4.78, 5) is 25.3. The van der Waals surface area contributed by atoms with Crippen LogP contribution in [0.2, 0.25) is 0 Å². The number of hydrogen-bond acceptors (Lipinski definition) is 4. The van der Waals surface area contributed by atoms with Crippen molar-refractivity contribution in [3.05, 3.63) is 95.6 Å². The zero-order chi connectivity index (χ0) is 20.6. The molecule has 3 aromatic rings. The van der Waals surface area contributed by atoms with Gasteiger partial charge in [-0.05, 0) is 48.9 Å². The van der Waals surface area contributed by atoms with Crippen LogP contribution in [-0.4, -0.2) is 18.9 Å².